The van der Waals surface area contributed by atoms with Crippen LogP contribution in [0.15, 0.2) is 17.2 Å². The van der Waals surface area contributed by atoms with Crippen molar-refractivity contribution in [2.45, 2.75) is 68.4 Å². The van der Waals surface area contributed by atoms with Crippen molar-refractivity contribution in [3.8, 4) is 0 Å². The number of rotatable bonds is 4. The molecule has 0 radical (unpaired) electrons. The van der Waals surface area contributed by atoms with Gasteiger partial charge in [-0.25, -0.2) is 17.2 Å². The summed E-state index contributed by atoms with van der Waals surface area (Å²) in [5, 5.41) is 0.0634. The monoisotopic (exact) mass is 435 g/mol. The maximum atomic E-state index is 13.4. The van der Waals surface area contributed by atoms with Crippen molar-refractivity contribution in [3.05, 3.63) is 23.0 Å². The molecule has 1 saturated heterocycles. The van der Waals surface area contributed by atoms with Crippen LogP contribution in [-0.4, -0.2) is 60.1 Å². The fourth-order valence-corrected chi connectivity index (χ4v) is 6.08. The number of carbonyl (C=O) groups excluding carboxylic acids is 1. The van der Waals surface area contributed by atoms with Crippen molar-refractivity contribution >= 4 is 27.5 Å². The number of halogens is 3. The predicted octanol–water partition coefficient (Wildman–Crippen LogP) is 3.23. The Kier molecular flexibility index (Phi) is 5.99. The summed E-state index contributed by atoms with van der Waals surface area (Å²) in [5.41, 5.74) is 0.590. The molecule has 1 aromatic rings. The lowest BCUT2D eigenvalue weighted by Crippen LogP contribution is -2.50. The Bertz CT molecular complexity index is 856. The lowest BCUT2D eigenvalue weighted by Gasteiger charge is -2.36. The molecule has 0 aromatic carbocycles. The quantitative estimate of drug-likeness (QED) is 0.728. The minimum absolute atomic E-state index is 0.0634. The number of sulfonamides is 1. The Morgan fingerprint density at radius 2 is 1.96 bits per heavy atom. The van der Waals surface area contributed by atoms with Gasteiger partial charge in [0.1, 0.15) is 10.9 Å². The molecule has 2 heterocycles. The Morgan fingerprint density at radius 1 is 1.32 bits per heavy atom. The topological polar surface area (TPSA) is 70.6 Å². The summed E-state index contributed by atoms with van der Waals surface area (Å²) in [6.45, 7) is 1.91. The average Bonchev–Trinajstić information content (AvgIpc) is 3.10. The number of amides is 1. The number of alkyl halides is 2. The molecule has 1 saturated carbocycles. The van der Waals surface area contributed by atoms with Gasteiger partial charge in [-0.2, -0.15) is 4.31 Å². The summed E-state index contributed by atoms with van der Waals surface area (Å²) < 4.78 is 54.2. The zero-order chi connectivity index (χ0) is 20.7. The molecule has 2 fully saturated rings. The zero-order valence-electron chi connectivity index (χ0n) is 15.9. The third kappa shape index (κ3) is 4.16. The van der Waals surface area contributed by atoms with Crippen molar-refractivity contribution in [2.75, 3.05) is 13.6 Å². The van der Waals surface area contributed by atoms with Gasteiger partial charge in [-0.3, -0.25) is 9.78 Å². The van der Waals surface area contributed by atoms with Crippen molar-refractivity contribution in [3.63, 3.8) is 0 Å². The van der Waals surface area contributed by atoms with Gasteiger partial charge < -0.3 is 4.90 Å². The SMILES string of the molecule is Cc1cc(Cl)c(S(=O)(=O)N2CCC[C@H]2C(=O)N(C)C2CCC(F)(F)CC2)cn1. The van der Waals surface area contributed by atoms with Crippen LogP contribution < -0.4 is 0 Å². The normalized spacial score (nSPS) is 23.7. The minimum Gasteiger partial charge on any atom is -0.341 e. The second-order valence-corrected chi connectivity index (χ2v) is 9.83. The molecule has 10 heteroatoms. The van der Waals surface area contributed by atoms with Crippen LogP contribution in [0.3, 0.4) is 0 Å². The number of nitrogens with zero attached hydrogens (tertiary/aromatic N) is 3. The summed E-state index contributed by atoms with van der Waals surface area (Å²) in [4.78, 5) is 18.4. The van der Waals surface area contributed by atoms with Gasteiger partial charge in [-0.1, -0.05) is 11.6 Å². The molecule has 1 amide bonds. The molecular weight excluding hydrogens is 412 g/mol. The second-order valence-electron chi connectivity index (χ2n) is 7.57. The molecule has 0 unspecified atom stereocenters. The third-order valence-corrected chi connectivity index (χ3v) is 7.97. The molecule has 1 aromatic heterocycles. The van der Waals surface area contributed by atoms with Gasteiger partial charge in [0.25, 0.3) is 0 Å². The van der Waals surface area contributed by atoms with Crippen molar-refractivity contribution < 1.29 is 22.0 Å². The van der Waals surface area contributed by atoms with Crippen LogP contribution in [0.2, 0.25) is 5.02 Å². The fraction of sp³-hybridized carbons (Fsp3) is 0.667. The Morgan fingerprint density at radius 3 is 2.57 bits per heavy atom. The van der Waals surface area contributed by atoms with Crippen molar-refractivity contribution in [2.24, 2.45) is 0 Å². The summed E-state index contributed by atoms with van der Waals surface area (Å²) in [6, 6.07) is 0.312. The summed E-state index contributed by atoms with van der Waals surface area (Å²) in [5.74, 6) is -3.04. The highest BCUT2D eigenvalue weighted by Gasteiger charge is 2.44. The van der Waals surface area contributed by atoms with E-state index in [4.69, 9.17) is 11.6 Å². The van der Waals surface area contributed by atoms with Crippen molar-refractivity contribution in [1.82, 2.24) is 14.2 Å². The smallest absolute Gasteiger partial charge is 0.248 e. The van der Waals surface area contributed by atoms with Crippen LogP contribution in [-0.2, 0) is 14.8 Å². The summed E-state index contributed by atoms with van der Waals surface area (Å²) in [7, 11) is -2.42. The molecular formula is C18H24ClF2N3O3S. The number of hydrogen-bond donors (Lipinski definition) is 0. The highest BCUT2D eigenvalue weighted by Crippen LogP contribution is 2.36. The molecule has 28 heavy (non-hydrogen) atoms. The first-order valence-corrected chi connectivity index (χ1v) is 11.1. The van der Waals surface area contributed by atoms with E-state index in [1.165, 1.54) is 21.5 Å². The maximum Gasteiger partial charge on any atom is 0.248 e. The van der Waals surface area contributed by atoms with Crippen LogP contribution >= 0.6 is 11.6 Å². The van der Waals surface area contributed by atoms with Crippen LogP contribution in [0.25, 0.3) is 0 Å². The van der Waals surface area contributed by atoms with Gasteiger partial charge in [-0.05, 0) is 38.7 Å². The number of pyridine rings is 1. The lowest BCUT2D eigenvalue weighted by atomic mass is 9.91. The van der Waals surface area contributed by atoms with Gasteiger partial charge in [-0.15, -0.1) is 0 Å². The van der Waals surface area contributed by atoms with Gasteiger partial charge >= 0.3 is 0 Å². The van der Waals surface area contributed by atoms with Crippen LogP contribution in [0.5, 0.6) is 0 Å². The number of likely N-dealkylation sites (N-methyl/N-ethyl adjacent to an activating group) is 1. The molecule has 2 aliphatic rings. The van der Waals surface area contributed by atoms with E-state index >= 15 is 0 Å². The van der Waals surface area contributed by atoms with Gasteiger partial charge in [0, 0.05) is 44.4 Å². The fourth-order valence-electron chi connectivity index (χ4n) is 3.93. The van der Waals surface area contributed by atoms with E-state index in [1.807, 2.05) is 0 Å². The molecule has 1 atom stereocenters. The molecule has 3 rings (SSSR count). The summed E-state index contributed by atoms with van der Waals surface area (Å²) in [6.07, 6.45) is 2.05. The van der Waals surface area contributed by atoms with E-state index < -0.39 is 22.0 Å². The van der Waals surface area contributed by atoms with Crippen LogP contribution in [0, 0.1) is 6.92 Å². The molecule has 156 valence electrons. The lowest BCUT2D eigenvalue weighted by molar-refractivity contribution is -0.138. The van der Waals surface area contributed by atoms with Gasteiger partial charge in [0.15, 0.2) is 0 Å². The first kappa shape index (κ1) is 21.4. The average molecular weight is 436 g/mol. The highest BCUT2D eigenvalue weighted by molar-refractivity contribution is 7.89. The standard InChI is InChI=1S/C18H24ClF2N3O3S/c1-12-10-14(19)16(11-22-12)28(26,27)24-9-3-4-15(24)17(25)23(2)13-5-7-18(20,21)8-6-13/h10-11,13,15H,3-9H2,1-2H3/t15-/m0/s1. The highest BCUT2D eigenvalue weighted by atomic mass is 35.5. The van der Waals surface area contributed by atoms with E-state index in [9.17, 15) is 22.0 Å². The van der Waals surface area contributed by atoms with E-state index in [2.05, 4.69) is 4.98 Å². The first-order chi connectivity index (χ1) is 13.0. The predicted molar refractivity (Wildman–Crippen MR) is 101 cm³/mol. The molecule has 0 spiro atoms. The largest absolute Gasteiger partial charge is 0.341 e. The molecule has 0 N–H and O–H groups in total. The molecule has 6 nitrogen and oxygen atoms in total. The molecule has 0 bridgehead atoms. The third-order valence-electron chi connectivity index (χ3n) is 5.61. The minimum atomic E-state index is -3.99. The molecule has 1 aliphatic carbocycles. The second kappa shape index (κ2) is 7.84. The Labute approximate surface area is 168 Å². The van der Waals surface area contributed by atoms with Gasteiger partial charge in [0.05, 0.1) is 5.02 Å². The number of hydrogen-bond acceptors (Lipinski definition) is 4. The number of aromatic nitrogens is 1. The molecule has 1 aliphatic heterocycles. The number of aryl methyl sites for hydroxylation is 1. The van der Waals surface area contributed by atoms with E-state index in [-0.39, 0.29) is 54.1 Å². The van der Waals surface area contributed by atoms with E-state index in [0.29, 0.717) is 18.5 Å². The van der Waals surface area contributed by atoms with Gasteiger partial charge in [0.2, 0.25) is 21.9 Å². The van der Waals surface area contributed by atoms with E-state index in [0.717, 1.165) is 0 Å². The Hall–Kier alpha value is -1.32. The Balaban J connectivity index is 1.79. The number of carbonyl (C=O) groups is 1. The van der Waals surface area contributed by atoms with Crippen LogP contribution in [0.4, 0.5) is 8.78 Å². The summed E-state index contributed by atoms with van der Waals surface area (Å²) >= 11 is 6.12. The van der Waals surface area contributed by atoms with Crippen molar-refractivity contribution in [1.29, 1.82) is 0 Å². The maximum absolute atomic E-state index is 13.4. The zero-order valence-corrected chi connectivity index (χ0v) is 17.4. The van der Waals surface area contributed by atoms with E-state index in [1.54, 1.807) is 14.0 Å². The first-order valence-electron chi connectivity index (χ1n) is 9.31. The van der Waals surface area contributed by atoms with Crippen LogP contribution in [0.1, 0.15) is 44.2 Å².